The highest BCUT2D eigenvalue weighted by Gasteiger charge is 2.14. The Kier molecular flexibility index (Phi) is 4.06. The average molecular weight is 333 g/mol. The molecular formula is C17H17ClN2OS. The Morgan fingerprint density at radius 3 is 2.59 bits per heavy atom. The third-order valence-electron chi connectivity index (χ3n) is 3.74. The highest BCUT2D eigenvalue weighted by Crippen LogP contribution is 2.34. The van der Waals surface area contributed by atoms with Crippen LogP contribution in [-0.4, -0.2) is 17.1 Å². The van der Waals surface area contributed by atoms with E-state index in [1.807, 2.05) is 25.1 Å². The molecule has 5 heteroatoms. The van der Waals surface area contributed by atoms with Crippen LogP contribution in [0.1, 0.15) is 31.0 Å². The van der Waals surface area contributed by atoms with Gasteiger partial charge in [-0.1, -0.05) is 25.4 Å². The SMILES string of the molecule is COc1ccc2c(Cl)nc(-c3nc(C(C)C)cs3)cc2c1C. The minimum Gasteiger partial charge on any atom is -0.496 e. The van der Waals surface area contributed by atoms with Gasteiger partial charge in [0.2, 0.25) is 0 Å². The minimum atomic E-state index is 0.405. The Balaban J connectivity index is 2.20. The van der Waals surface area contributed by atoms with Crippen molar-refractivity contribution in [2.75, 3.05) is 7.11 Å². The normalized spacial score (nSPS) is 11.4. The molecular weight excluding hydrogens is 316 g/mol. The first-order valence-corrected chi connectivity index (χ1v) is 8.36. The summed E-state index contributed by atoms with van der Waals surface area (Å²) in [4.78, 5) is 9.18. The molecule has 0 bridgehead atoms. The second kappa shape index (κ2) is 5.86. The number of aryl methyl sites for hydroxylation is 1. The van der Waals surface area contributed by atoms with Crippen LogP contribution in [0.2, 0.25) is 5.15 Å². The van der Waals surface area contributed by atoms with E-state index in [2.05, 4.69) is 29.2 Å². The van der Waals surface area contributed by atoms with Gasteiger partial charge >= 0.3 is 0 Å². The lowest BCUT2D eigenvalue weighted by Crippen LogP contribution is -1.92. The second-order valence-corrected chi connectivity index (χ2v) is 6.73. The fourth-order valence-electron chi connectivity index (χ4n) is 2.41. The third kappa shape index (κ3) is 2.57. The van der Waals surface area contributed by atoms with Gasteiger partial charge in [-0.3, -0.25) is 0 Å². The van der Waals surface area contributed by atoms with Crippen molar-refractivity contribution in [2.45, 2.75) is 26.7 Å². The van der Waals surface area contributed by atoms with E-state index in [9.17, 15) is 0 Å². The van der Waals surface area contributed by atoms with Crippen molar-refractivity contribution in [2.24, 2.45) is 0 Å². The maximum atomic E-state index is 6.37. The fraction of sp³-hybridized carbons (Fsp3) is 0.294. The molecule has 0 radical (unpaired) electrons. The van der Waals surface area contributed by atoms with E-state index in [0.29, 0.717) is 11.1 Å². The zero-order chi connectivity index (χ0) is 15.9. The molecule has 0 fully saturated rings. The van der Waals surface area contributed by atoms with Crippen molar-refractivity contribution in [1.82, 2.24) is 9.97 Å². The fourth-order valence-corrected chi connectivity index (χ4v) is 3.61. The summed E-state index contributed by atoms with van der Waals surface area (Å²) in [5.41, 5.74) is 2.96. The molecule has 1 aromatic carbocycles. The predicted molar refractivity (Wildman–Crippen MR) is 93.2 cm³/mol. The number of methoxy groups -OCH3 is 1. The van der Waals surface area contributed by atoms with Gasteiger partial charge in [0, 0.05) is 10.8 Å². The van der Waals surface area contributed by atoms with Gasteiger partial charge in [-0.25, -0.2) is 9.97 Å². The van der Waals surface area contributed by atoms with E-state index in [4.69, 9.17) is 16.3 Å². The third-order valence-corrected chi connectivity index (χ3v) is 4.91. The maximum Gasteiger partial charge on any atom is 0.142 e. The molecule has 3 rings (SSSR count). The molecule has 0 amide bonds. The van der Waals surface area contributed by atoms with Crippen LogP contribution in [0.3, 0.4) is 0 Å². The molecule has 0 saturated heterocycles. The first-order chi connectivity index (χ1) is 10.5. The van der Waals surface area contributed by atoms with Gasteiger partial charge in [0.15, 0.2) is 0 Å². The number of thiazole rings is 1. The highest BCUT2D eigenvalue weighted by molar-refractivity contribution is 7.13. The lowest BCUT2D eigenvalue weighted by molar-refractivity contribution is 0.412. The van der Waals surface area contributed by atoms with Gasteiger partial charge in [0.05, 0.1) is 12.8 Å². The predicted octanol–water partition coefficient (Wildman–Crippen LogP) is 5.45. The lowest BCUT2D eigenvalue weighted by Gasteiger charge is -2.10. The first kappa shape index (κ1) is 15.3. The van der Waals surface area contributed by atoms with Crippen LogP contribution in [0.4, 0.5) is 0 Å². The number of benzene rings is 1. The summed E-state index contributed by atoms with van der Waals surface area (Å²) < 4.78 is 5.40. The summed E-state index contributed by atoms with van der Waals surface area (Å²) >= 11 is 7.97. The van der Waals surface area contributed by atoms with Crippen LogP contribution in [0, 0.1) is 6.92 Å². The average Bonchev–Trinajstić information content (AvgIpc) is 2.98. The van der Waals surface area contributed by atoms with E-state index in [1.165, 1.54) is 0 Å². The summed E-state index contributed by atoms with van der Waals surface area (Å²) in [6, 6.07) is 5.91. The van der Waals surface area contributed by atoms with Crippen LogP contribution >= 0.6 is 22.9 Å². The molecule has 114 valence electrons. The van der Waals surface area contributed by atoms with Gasteiger partial charge in [0.1, 0.15) is 21.6 Å². The smallest absolute Gasteiger partial charge is 0.142 e. The van der Waals surface area contributed by atoms with Crippen LogP contribution in [0.15, 0.2) is 23.6 Å². The number of halogens is 1. The van der Waals surface area contributed by atoms with E-state index in [0.717, 1.165) is 38.5 Å². The monoisotopic (exact) mass is 332 g/mol. The number of aromatic nitrogens is 2. The number of ether oxygens (including phenoxy) is 1. The van der Waals surface area contributed by atoms with E-state index in [-0.39, 0.29) is 0 Å². The summed E-state index contributed by atoms with van der Waals surface area (Å²) in [6.45, 7) is 6.30. The van der Waals surface area contributed by atoms with Crippen molar-refractivity contribution in [3.05, 3.63) is 40.0 Å². The number of fused-ring (bicyclic) bond motifs is 1. The van der Waals surface area contributed by atoms with Crippen LogP contribution in [0.5, 0.6) is 5.75 Å². The maximum absolute atomic E-state index is 6.37. The summed E-state index contributed by atoms with van der Waals surface area (Å²) in [7, 11) is 1.67. The number of hydrogen-bond donors (Lipinski definition) is 0. The van der Waals surface area contributed by atoms with Crippen molar-refractivity contribution >= 4 is 33.7 Å². The molecule has 0 spiro atoms. The lowest BCUT2D eigenvalue weighted by atomic mass is 10.1. The number of nitrogens with zero attached hydrogens (tertiary/aromatic N) is 2. The van der Waals surface area contributed by atoms with Crippen LogP contribution in [-0.2, 0) is 0 Å². The molecule has 22 heavy (non-hydrogen) atoms. The molecule has 0 aliphatic carbocycles. The molecule has 2 aromatic heterocycles. The van der Waals surface area contributed by atoms with E-state index < -0.39 is 0 Å². The minimum absolute atomic E-state index is 0.405. The molecule has 0 aliphatic rings. The molecule has 0 aliphatic heterocycles. The second-order valence-electron chi connectivity index (χ2n) is 5.52. The standard InChI is InChI=1S/C17H17ClN2OS/c1-9(2)14-8-22-17(20-14)13-7-12-10(3)15(21-4)6-5-11(12)16(18)19-13/h5-9H,1-4H3. The van der Waals surface area contributed by atoms with Gasteiger partial charge in [-0.05, 0) is 42.0 Å². The Morgan fingerprint density at radius 2 is 1.95 bits per heavy atom. The van der Waals surface area contributed by atoms with Gasteiger partial charge in [0.25, 0.3) is 0 Å². The molecule has 0 N–H and O–H groups in total. The van der Waals surface area contributed by atoms with Crippen molar-refractivity contribution in [1.29, 1.82) is 0 Å². The zero-order valence-electron chi connectivity index (χ0n) is 13.0. The Bertz CT molecular complexity index is 842. The zero-order valence-corrected chi connectivity index (χ0v) is 14.5. The quantitative estimate of drug-likeness (QED) is 0.598. The van der Waals surface area contributed by atoms with Crippen LogP contribution < -0.4 is 4.74 Å². The molecule has 2 heterocycles. The van der Waals surface area contributed by atoms with Crippen molar-refractivity contribution in [3.63, 3.8) is 0 Å². The molecule has 3 nitrogen and oxygen atoms in total. The summed E-state index contributed by atoms with van der Waals surface area (Å²) in [6.07, 6.45) is 0. The highest BCUT2D eigenvalue weighted by atomic mass is 35.5. The number of hydrogen-bond acceptors (Lipinski definition) is 4. The van der Waals surface area contributed by atoms with Crippen LogP contribution in [0.25, 0.3) is 21.5 Å². The van der Waals surface area contributed by atoms with E-state index in [1.54, 1.807) is 18.4 Å². The van der Waals surface area contributed by atoms with E-state index >= 15 is 0 Å². The summed E-state index contributed by atoms with van der Waals surface area (Å²) in [5, 5.41) is 5.47. The largest absolute Gasteiger partial charge is 0.496 e. The van der Waals surface area contributed by atoms with Crippen molar-refractivity contribution < 1.29 is 4.74 Å². The number of pyridine rings is 1. The molecule has 3 aromatic rings. The Hall–Kier alpha value is -1.65. The van der Waals surface area contributed by atoms with Gasteiger partial charge in [-0.2, -0.15) is 0 Å². The Labute approximate surface area is 138 Å². The number of rotatable bonds is 3. The Morgan fingerprint density at radius 1 is 1.18 bits per heavy atom. The topological polar surface area (TPSA) is 35.0 Å². The molecule has 0 atom stereocenters. The molecule has 0 saturated carbocycles. The van der Waals surface area contributed by atoms with Gasteiger partial charge < -0.3 is 4.74 Å². The first-order valence-electron chi connectivity index (χ1n) is 7.11. The van der Waals surface area contributed by atoms with Crippen molar-refractivity contribution in [3.8, 4) is 16.5 Å². The molecule has 0 unspecified atom stereocenters. The summed E-state index contributed by atoms with van der Waals surface area (Å²) in [5.74, 6) is 1.26. The van der Waals surface area contributed by atoms with Gasteiger partial charge in [-0.15, -0.1) is 11.3 Å².